The number of benzene rings is 2. The minimum absolute atomic E-state index is 0.0873. The lowest BCUT2D eigenvalue weighted by Gasteiger charge is -2.37. The molecule has 0 bridgehead atoms. The topological polar surface area (TPSA) is 52.7 Å². The maximum atomic E-state index is 12.7. The van der Waals surface area contributed by atoms with E-state index in [2.05, 4.69) is 69.1 Å². The van der Waals surface area contributed by atoms with Crippen LogP contribution in [0.3, 0.4) is 0 Å². The molecule has 1 saturated heterocycles. The van der Waals surface area contributed by atoms with E-state index in [1.54, 1.807) is 0 Å². The van der Waals surface area contributed by atoms with E-state index in [1.165, 1.54) is 24.8 Å². The minimum atomic E-state index is -0.0873. The Hall–Kier alpha value is -2.82. The smallest absolute Gasteiger partial charge is 0.255 e. The molecule has 1 aliphatic heterocycles. The molecule has 0 aliphatic carbocycles. The van der Waals surface area contributed by atoms with Gasteiger partial charge in [-0.25, -0.2) is 0 Å². The number of carbonyl (C=O) groups excluding carboxylic acids is 2. The Morgan fingerprint density at radius 1 is 0.917 bits per heavy atom. The van der Waals surface area contributed by atoms with Crippen LogP contribution in [0.25, 0.3) is 0 Å². The zero-order valence-corrected chi connectivity index (χ0v) is 23.0. The summed E-state index contributed by atoms with van der Waals surface area (Å²) in [7, 11) is 0. The molecule has 1 heterocycles. The number of piperazine rings is 1. The van der Waals surface area contributed by atoms with E-state index in [9.17, 15) is 9.59 Å². The second-order valence-electron chi connectivity index (χ2n) is 11.6. The van der Waals surface area contributed by atoms with Crippen molar-refractivity contribution < 1.29 is 9.59 Å². The molecular formula is C31H45N3O2. The van der Waals surface area contributed by atoms with Gasteiger partial charge in [-0.3, -0.25) is 9.59 Å². The van der Waals surface area contributed by atoms with E-state index in [4.69, 9.17) is 0 Å². The summed E-state index contributed by atoms with van der Waals surface area (Å²) in [5, 5.41) is 3.01. The fourth-order valence-electron chi connectivity index (χ4n) is 5.12. The van der Waals surface area contributed by atoms with Crippen LogP contribution in [0.15, 0.2) is 48.5 Å². The SMILES string of the molecule is CCCCCc1ccc(C(=O)Nc2ccc(N3CCN(C(=O)CC(C)CC(C)(C)C)CC3)cc2)cc1. The highest BCUT2D eigenvalue weighted by atomic mass is 16.2. The Labute approximate surface area is 218 Å². The summed E-state index contributed by atoms with van der Waals surface area (Å²) in [6, 6.07) is 16.0. The standard InChI is InChI=1S/C31H45N3O2/c1-6-7-8-9-25-10-12-26(13-11-25)30(36)32-27-14-16-28(17-15-27)33-18-20-34(21-19-33)29(35)22-24(2)23-31(3,4)5/h10-17,24H,6-9,18-23H2,1-5H3,(H,32,36). The zero-order valence-electron chi connectivity index (χ0n) is 23.0. The number of anilines is 2. The van der Waals surface area contributed by atoms with Crippen LogP contribution in [0.5, 0.6) is 0 Å². The number of hydrogen-bond donors (Lipinski definition) is 1. The van der Waals surface area contributed by atoms with Crippen LogP contribution in [0.2, 0.25) is 0 Å². The van der Waals surface area contributed by atoms with Crippen molar-refractivity contribution in [1.82, 2.24) is 4.90 Å². The van der Waals surface area contributed by atoms with Crippen molar-refractivity contribution in [3.05, 3.63) is 59.7 Å². The molecule has 1 atom stereocenters. The van der Waals surface area contributed by atoms with Gasteiger partial charge in [0.25, 0.3) is 5.91 Å². The molecule has 1 fully saturated rings. The average Bonchev–Trinajstić information content (AvgIpc) is 2.84. The van der Waals surface area contributed by atoms with Crippen molar-refractivity contribution in [3.8, 4) is 0 Å². The molecule has 2 aromatic rings. The van der Waals surface area contributed by atoms with Crippen LogP contribution in [0.4, 0.5) is 11.4 Å². The first kappa shape index (κ1) is 27.8. The molecule has 0 spiro atoms. The predicted octanol–water partition coefficient (Wildman–Crippen LogP) is 6.78. The van der Waals surface area contributed by atoms with Gasteiger partial charge in [0.2, 0.25) is 5.91 Å². The van der Waals surface area contributed by atoms with E-state index >= 15 is 0 Å². The number of rotatable bonds is 10. The maximum Gasteiger partial charge on any atom is 0.255 e. The van der Waals surface area contributed by atoms with Gasteiger partial charge < -0.3 is 15.1 Å². The second-order valence-corrected chi connectivity index (χ2v) is 11.6. The van der Waals surface area contributed by atoms with E-state index in [-0.39, 0.29) is 17.2 Å². The Bertz CT molecular complexity index is 968. The third-order valence-corrected chi connectivity index (χ3v) is 6.89. The zero-order chi connectivity index (χ0) is 26.1. The van der Waals surface area contributed by atoms with Gasteiger partial charge in [0.1, 0.15) is 0 Å². The lowest BCUT2D eigenvalue weighted by molar-refractivity contribution is -0.132. The molecule has 36 heavy (non-hydrogen) atoms. The molecule has 5 nitrogen and oxygen atoms in total. The molecule has 2 amide bonds. The van der Waals surface area contributed by atoms with Gasteiger partial charge in [-0.05, 0) is 72.6 Å². The van der Waals surface area contributed by atoms with Crippen LogP contribution in [0.1, 0.15) is 82.6 Å². The first-order valence-electron chi connectivity index (χ1n) is 13.7. The van der Waals surface area contributed by atoms with Crippen LogP contribution in [-0.2, 0) is 11.2 Å². The van der Waals surface area contributed by atoms with Crippen molar-refractivity contribution in [2.75, 3.05) is 36.4 Å². The van der Waals surface area contributed by atoms with E-state index in [0.717, 1.165) is 50.4 Å². The summed E-state index contributed by atoms with van der Waals surface area (Å²) < 4.78 is 0. The number of nitrogens with zero attached hydrogens (tertiary/aromatic N) is 2. The predicted molar refractivity (Wildman–Crippen MR) is 151 cm³/mol. The number of aryl methyl sites for hydroxylation is 1. The summed E-state index contributed by atoms with van der Waals surface area (Å²) in [4.78, 5) is 29.7. The van der Waals surface area contributed by atoms with E-state index in [1.807, 2.05) is 29.2 Å². The van der Waals surface area contributed by atoms with Gasteiger partial charge in [0.05, 0.1) is 0 Å². The first-order valence-corrected chi connectivity index (χ1v) is 13.7. The second kappa shape index (κ2) is 12.9. The Balaban J connectivity index is 1.46. The van der Waals surface area contributed by atoms with Crippen LogP contribution in [0, 0.1) is 11.3 Å². The van der Waals surface area contributed by atoms with E-state index in [0.29, 0.717) is 17.9 Å². The lowest BCUT2D eigenvalue weighted by Crippen LogP contribution is -2.49. The van der Waals surface area contributed by atoms with Gasteiger partial charge >= 0.3 is 0 Å². The fourth-order valence-corrected chi connectivity index (χ4v) is 5.12. The molecular weight excluding hydrogens is 446 g/mol. The summed E-state index contributed by atoms with van der Waals surface area (Å²) in [5.74, 6) is 0.594. The molecule has 0 aromatic heterocycles. The quantitative estimate of drug-likeness (QED) is 0.373. The normalized spacial score (nSPS) is 15.0. The van der Waals surface area contributed by atoms with Gasteiger partial charge in [-0.1, -0.05) is 59.6 Å². The number of unbranched alkanes of at least 4 members (excludes halogenated alkanes) is 2. The number of amides is 2. The molecule has 5 heteroatoms. The highest BCUT2D eigenvalue weighted by molar-refractivity contribution is 6.04. The number of hydrogen-bond acceptors (Lipinski definition) is 3. The number of carbonyl (C=O) groups is 2. The van der Waals surface area contributed by atoms with E-state index < -0.39 is 0 Å². The third kappa shape index (κ3) is 8.69. The van der Waals surface area contributed by atoms with Gasteiger partial charge in [-0.2, -0.15) is 0 Å². The Morgan fingerprint density at radius 2 is 1.56 bits per heavy atom. The Morgan fingerprint density at radius 3 is 2.14 bits per heavy atom. The van der Waals surface area contributed by atoms with Crippen molar-refractivity contribution in [2.45, 2.75) is 73.1 Å². The summed E-state index contributed by atoms with van der Waals surface area (Å²) >= 11 is 0. The molecule has 1 N–H and O–H groups in total. The molecule has 3 rings (SSSR count). The van der Waals surface area contributed by atoms with Crippen molar-refractivity contribution in [1.29, 1.82) is 0 Å². The van der Waals surface area contributed by atoms with Gasteiger partial charge in [-0.15, -0.1) is 0 Å². The average molecular weight is 492 g/mol. The monoisotopic (exact) mass is 491 g/mol. The molecule has 0 saturated carbocycles. The van der Waals surface area contributed by atoms with Crippen molar-refractivity contribution in [3.63, 3.8) is 0 Å². The van der Waals surface area contributed by atoms with Crippen LogP contribution in [-0.4, -0.2) is 42.9 Å². The van der Waals surface area contributed by atoms with Crippen molar-refractivity contribution >= 4 is 23.2 Å². The molecule has 2 aromatic carbocycles. The summed E-state index contributed by atoms with van der Waals surface area (Å²) in [5.41, 5.74) is 4.12. The third-order valence-electron chi connectivity index (χ3n) is 6.89. The largest absolute Gasteiger partial charge is 0.368 e. The highest BCUT2D eigenvalue weighted by Gasteiger charge is 2.24. The van der Waals surface area contributed by atoms with Crippen LogP contribution < -0.4 is 10.2 Å². The molecule has 1 unspecified atom stereocenters. The van der Waals surface area contributed by atoms with Gasteiger partial charge in [0, 0.05) is 49.5 Å². The van der Waals surface area contributed by atoms with Crippen LogP contribution >= 0.6 is 0 Å². The van der Waals surface area contributed by atoms with Gasteiger partial charge in [0.15, 0.2) is 0 Å². The minimum Gasteiger partial charge on any atom is -0.368 e. The summed E-state index contributed by atoms with van der Waals surface area (Å²) in [6.07, 6.45) is 6.40. The molecule has 0 radical (unpaired) electrons. The van der Waals surface area contributed by atoms with Crippen molar-refractivity contribution in [2.24, 2.45) is 11.3 Å². The Kier molecular flexibility index (Phi) is 9.98. The lowest BCUT2D eigenvalue weighted by atomic mass is 9.84. The first-order chi connectivity index (χ1) is 17.1. The fraction of sp³-hybridized carbons (Fsp3) is 0.548. The maximum absolute atomic E-state index is 12.7. The number of nitrogens with one attached hydrogen (secondary N) is 1. The molecule has 1 aliphatic rings. The highest BCUT2D eigenvalue weighted by Crippen LogP contribution is 2.27. The molecule has 196 valence electrons. The summed E-state index contributed by atoms with van der Waals surface area (Å²) in [6.45, 7) is 14.3.